The predicted octanol–water partition coefficient (Wildman–Crippen LogP) is 2.16. The van der Waals surface area contributed by atoms with Crippen LogP contribution < -0.4 is 15.5 Å². The molecule has 0 radical (unpaired) electrons. The van der Waals surface area contributed by atoms with E-state index in [1.807, 2.05) is 26.0 Å². The third kappa shape index (κ3) is 8.18. The van der Waals surface area contributed by atoms with Crippen LogP contribution in [0.25, 0.3) is 0 Å². The van der Waals surface area contributed by atoms with Gasteiger partial charge in [0.2, 0.25) is 0 Å². The van der Waals surface area contributed by atoms with Crippen LogP contribution in [0, 0.1) is 5.82 Å². The maximum absolute atomic E-state index is 13.0. The molecule has 0 saturated carbocycles. The lowest BCUT2D eigenvalue weighted by atomic mass is 10.1. The van der Waals surface area contributed by atoms with Crippen molar-refractivity contribution in [1.82, 2.24) is 15.5 Å². The predicted molar refractivity (Wildman–Crippen MR) is 121 cm³/mol. The van der Waals surface area contributed by atoms with Crippen molar-refractivity contribution < 1.29 is 9.13 Å². The van der Waals surface area contributed by atoms with Gasteiger partial charge in [0.05, 0.1) is 5.60 Å². The molecule has 0 unspecified atom stereocenters. The summed E-state index contributed by atoms with van der Waals surface area (Å²) >= 11 is 0. The quantitative estimate of drug-likeness (QED) is 0.347. The van der Waals surface area contributed by atoms with E-state index in [-0.39, 0.29) is 35.4 Å². The van der Waals surface area contributed by atoms with Crippen molar-refractivity contribution >= 4 is 35.6 Å². The van der Waals surface area contributed by atoms with Crippen molar-refractivity contribution in [3.05, 3.63) is 30.1 Å². The Balaban J connectivity index is 0.00000364. The highest BCUT2D eigenvalue weighted by Crippen LogP contribution is 2.16. The Bertz CT molecular complexity index is 574. The fourth-order valence-electron chi connectivity index (χ4n) is 2.80. The van der Waals surface area contributed by atoms with Gasteiger partial charge in [-0.15, -0.1) is 24.0 Å². The van der Waals surface area contributed by atoms with Crippen LogP contribution >= 0.6 is 24.0 Å². The lowest BCUT2D eigenvalue weighted by Crippen LogP contribution is -2.50. The second-order valence-corrected chi connectivity index (χ2v) is 7.12. The number of piperazine rings is 1. The number of nitrogens with one attached hydrogen (secondary N) is 2. The van der Waals surface area contributed by atoms with Gasteiger partial charge in [-0.2, -0.15) is 0 Å². The number of anilines is 1. The number of hydrogen-bond donors (Lipinski definition) is 2. The molecule has 1 saturated heterocycles. The van der Waals surface area contributed by atoms with Crippen LogP contribution in [0.5, 0.6) is 0 Å². The molecule has 1 heterocycles. The molecule has 1 aromatic rings. The molecule has 0 spiro atoms. The maximum atomic E-state index is 13.0. The van der Waals surface area contributed by atoms with Crippen molar-refractivity contribution in [2.45, 2.75) is 19.4 Å². The number of aliphatic imine (C=N–C) groups is 1. The van der Waals surface area contributed by atoms with Crippen LogP contribution in [0.4, 0.5) is 10.1 Å². The number of halogens is 2. The molecule has 8 heteroatoms. The zero-order valence-electron chi connectivity index (χ0n) is 16.8. The summed E-state index contributed by atoms with van der Waals surface area (Å²) < 4.78 is 18.4. The topological polar surface area (TPSA) is 52.1 Å². The molecular formula is C19H33FIN5O. The average molecular weight is 493 g/mol. The molecule has 0 bridgehead atoms. The molecule has 27 heavy (non-hydrogen) atoms. The molecular weight excluding hydrogens is 460 g/mol. The van der Waals surface area contributed by atoms with Gasteiger partial charge in [0.1, 0.15) is 5.82 Å². The first-order chi connectivity index (χ1) is 12.4. The van der Waals surface area contributed by atoms with Crippen LogP contribution in [0.15, 0.2) is 29.3 Å². The van der Waals surface area contributed by atoms with Crippen LogP contribution in [-0.2, 0) is 4.74 Å². The fraction of sp³-hybridized carbons (Fsp3) is 0.632. The van der Waals surface area contributed by atoms with E-state index in [1.54, 1.807) is 14.2 Å². The number of ether oxygens (including phenoxy) is 1. The summed E-state index contributed by atoms with van der Waals surface area (Å²) in [6, 6.07) is 6.75. The van der Waals surface area contributed by atoms with Gasteiger partial charge in [-0.3, -0.25) is 9.89 Å². The lowest BCUT2D eigenvalue weighted by Gasteiger charge is -2.36. The van der Waals surface area contributed by atoms with E-state index >= 15 is 0 Å². The third-order valence-corrected chi connectivity index (χ3v) is 4.74. The first kappa shape index (κ1) is 23.9. The van der Waals surface area contributed by atoms with E-state index in [0.29, 0.717) is 6.54 Å². The third-order valence-electron chi connectivity index (χ3n) is 4.74. The minimum absolute atomic E-state index is 0. The van der Waals surface area contributed by atoms with Gasteiger partial charge in [0.25, 0.3) is 0 Å². The number of benzene rings is 1. The van der Waals surface area contributed by atoms with Crippen LogP contribution in [0.3, 0.4) is 0 Å². The largest absolute Gasteiger partial charge is 0.377 e. The second kappa shape index (κ2) is 11.7. The lowest BCUT2D eigenvalue weighted by molar-refractivity contribution is 0.0268. The van der Waals surface area contributed by atoms with Crippen molar-refractivity contribution in [3.8, 4) is 0 Å². The second-order valence-electron chi connectivity index (χ2n) is 7.12. The Kier molecular flexibility index (Phi) is 10.3. The zero-order chi connectivity index (χ0) is 19.0. The Hall–Kier alpha value is -1.13. The summed E-state index contributed by atoms with van der Waals surface area (Å²) in [6.07, 6.45) is 0. The molecule has 2 rings (SSSR count). The smallest absolute Gasteiger partial charge is 0.191 e. The van der Waals surface area contributed by atoms with Gasteiger partial charge in [-0.1, -0.05) is 0 Å². The van der Waals surface area contributed by atoms with E-state index in [4.69, 9.17) is 4.74 Å². The van der Waals surface area contributed by atoms with Gasteiger partial charge in [-0.25, -0.2) is 4.39 Å². The number of rotatable bonds is 7. The van der Waals surface area contributed by atoms with Crippen LogP contribution in [0.2, 0.25) is 0 Å². The summed E-state index contributed by atoms with van der Waals surface area (Å²) in [7, 11) is 3.49. The summed E-state index contributed by atoms with van der Waals surface area (Å²) in [5.41, 5.74) is 0.864. The summed E-state index contributed by atoms with van der Waals surface area (Å²) in [5.74, 6) is 0.606. The standard InChI is InChI=1S/C19H32FN5O.HI/c1-19(2,26-4)15-23-18(21-3)22-9-10-24-11-13-25(14-12-24)17-7-5-16(20)6-8-17;/h5-8H,9-15H2,1-4H3,(H2,21,22,23);1H. The minimum atomic E-state index is -0.228. The first-order valence-electron chi connectivity index (χ1n) is 9.16. The molecule has 0 aromatic heterocycles. The van der Waals surface area contributed by atoms with Crippen molar-refractivity contribution in [1.29, 1.82) is 0 Å². The van der Waals surface area contributed by atoms with Gasteiger partial charge in [-0.05, 0) is 38.1 Å². The number of guanidine groups is 1. The summed E-state index contributed by atoms with van der Waals surface area (Å²) in [5, 5.41) is 6.64. The summed E-state index contributed by atoms with van der Waals surface area (Å²) in [6.45, 7) is 10.5. The molecule has 1 aliphatic heterocycles. The molecule has 0 amide bonds. The zero-order valence-corrected chi connectivity index (χ0v) is 19.1. The van der Waals surface area contributed by atoms with Gasteiger partial charge >= 0.3 is 0 Å². The Labute approximate surface area is 179 Å². The van der Waals surface area contributed by atoms with E-state index in [2.05, 4.69) is 25.4 Å². The molecule has 2 N–H and O–H groups in total. The average Bonchev–Trinajstić information content (AvgIpc) is 2.66. The van der Waals surface area contributed by atoms with Crippen molar-refractivity contribution in [2.75, 3.05) is 64.9 Å². The first-order valence-corrected chi connectivity index (χ1v) is 9.16. The van der Waals surface area contributed by atoms with Gasteiger partial charge in [0.15, 0.2) is 5.96 Å². The number of methoxy groups -OCH3 is 1. The molecule has 154 valence electrons. The van der Waals surface area contributed by atoms with Gasteiger partial charge in [0, 0.05) is 65.7 Å². The fourth-order valence-corrected chi connectivity index (χ4v) is 2.80. The monoisotopic (exact) mass is 493 g/mol. The molecule has 1 aliphatic rings. The highest BCUT2D eigenvalue weighted by Gasteiger charge is 2.18. The van der Waals surface area contributed by atoms with Crippen molar-refractivity contribution in [2.24, 2.45) is 4.99 Å². The van der Waals surface area contributed by atoms with Gasteiger partial charge < -0.3 is 20.3 Å². The van der Waals surface area contributed by atoms with E-state index in [0.717, 1.165) is 50.9 Å². The van der Waals surface area contributed by atoms with E-state index in [1.165, 1.54) is 12.1 Å². The van der Waals surface area contributed by atoms with E-state index < -0.39 is 0 Å². The Morgan fingerprint density at radius 2 is 1.78 bits per heavy atom. The van der Waals surface area contributed by atoms with Crippen molar-refractivity contribution in [3.63, 3.8) is 0 Å². The molecule has 0 aliphatic carbocycles. The molecule has 6 nitrogen and oxygen atoms in total. The van der Waals surface area contributed by atoms with Crippen LogP contribution in [-0.4, -0.2) is 76.4 Å². The Morgan fingerprint density at radius 1 is 1.15 bits per heavy atom. The highest BCUT2D eigenvalue weighted by atomic mass is 127. The summed E-state index contributed by atoms with van der Waals surface area (Å²) in [4.78, 5) is 8.98. The Morgan fingerprint density at radius 3 is 2.33 bits per heavy atom. The minimum Gasteiger partial charge on any atom is -0.377 e. The SMILES string of the molecule is CN=C(NCCN1CCN(c2ccc(F)cc2)CC1)NCC(C)(C)OC.I. The molecule has 0 atom stereocenters. The number of hydrogen-bond acceptors (Lipinski definition) is 4. The van der Waals surface area contributed by atoms with E-state index in [9.17, 15) is 4.39 Å². The maximum Gasteiger partial charge on any atom is 0.191 e. The van der Waals surface area contributed by atoms with Crippen LogP contribution in [0.1, 0.15) is 13.8 Å². The number of nitrogens with zero attached hydrogens (tertiary/aromatic N) is 3. The molecule has 1 fully saturated rings. The highest BCUT2D eigenvalue weighted by molar-refractivity contribution is 14.0. The normalized spacial score (nSPS) is 16.0. The molecule has 1 aromatic carbocycles.